The summed E-state index contributed by atoms with van der Waals surface area (Å²) in [4.78, 5) is 42.2. The predicted octanol–water partition coefficient (Wildman–Crippen LogP) is 4.73. The molecule has 3 heterocycles. The lowest BCUT2D eigenvalue weighted by molar-refractivity contribution is -0.384. The van der Waals surface area contributed by atoms with Crippen molar-refractivity contribution in [2.45, 2.75) is 19.9 Å². The summed E-state index contributed by atoms with van der Waals surface area (Å²) in [5.74, 6) is 0.391. The van der Waals surface area contributed by atoms with Crippen LogP contribution in [0, 0.1) is 10.1 Å². The SMILES string of the molecule is CCOC(=O)C1=C(C)N=c2s/c(=C\c3ccc(-c4ccc([N+](=O)[O-])cc4Br)o3)c(=O)n2C1c1ccccc1. The molecule has 0 fully saturated rings. The van der Waals surface area contributed by atoms with Gasteiger partial charge in [-0.1, -0.05) is 41.7 Å². The Kier molecular flexibility index (Phi) is 6.96. The number of esters is 1. The minimum absolute atomic E-state index is 0.0426. The lowest BCUT2D eigenvalue weighted by Gasteiger charge is -2.24. The highest BCUT2D eigenvalue weighted by Gasteiger charge is 2.33. The molecule has 38 heavy (non-hydrogen) atoms. The zero-order valence-corrected chi connectivity index (χ0v) is 22.6. The van der Waals surface area contributed by atoms with Crippen molar-refractivity contribution in [3.8, 4) is 11.3 Å². The molecule has 4 aromatic rings. The molecule has 5 rings (SSSR count). The van der Waals surface area contributed by atoms with E-state index in [1.807, 2.05) is 30.3 Å². The number of halogens is 1. The van der Waals surface area contributed by atoms with Crippen LogP contribution in [0.15, 0.2) is 90.6 Å². The van der Waals surface area contributed by atoms with E-state index in [0.29, 0.717) is 42.2 Å². The third-order valence-electron chi connectivity index (χ3n) is 5.96. The monoisotopic (exact) mass is 593 g/mol. The molecule has 0 saturated carbocycles. The molecule has 0 spiro atoms. The molecule has 192 valence electrons. The summed E-state index contributed by atoms with van der Waals surface area (Å²) in [7, 11) is 0. The molecule has 1 aliphatic heterocycles. The zero-order valence-electron chi connectivity index (χ0n) is 20.2. The van der Waals surface area contributed by atoms with Crippen LogP contribution in [0.1, 0.15) is 31.2 Å². The second kappa shape index (κ2) is 10.3. The Labute approximate surface area is 228 Å². The Morgan fingerprint density at radius 3 is 2.68 bits per heavy atom. The lowest BCUT2D eigenvalue weighted by atomic mass is 9.96. The molecular formula is C27H20BrN3O6S. The van der Waals surface area contributed by atoms with Crippen molar-refractivity contribution in [2.24, 2.45) is 4.99 Å². The topological polar surface area (TPSA) is 117 Å². The molecular weight excluding hydrogens is 574 g/mol. The Bertz CT molecular complexity index is 1780. The summed E-state index contributed by atoms with van der Waals surface area (Å²) >= 11 is 4.56. The fourth-order valence-corrected chi connectivity index (χ4v) is 5.85. The van der Waals surface area contributed by atoms with E-state index in [-0.39, 0.29) is 17.9 Å². The number of carbonyl (C=O) groups is 1. The number of hydrogen-bond donors (Lipinski definition) is 0. The molecule has 1 unspecified atom stereocenters. The Hall–Kier alpha value is -4.09. The summed E-state index contributed by atoms with van der Waals surface area (Å²) in [5.41, 5.74) is 1.86. The van der Waals surface area contributed by atoms with Gasteiger partial charge in [-0.15, -0.1) is 0 Å². The number of rotatable bonds is 6. The molecule has 2 aromatic carbocycles. The second-order valence-electron chi connectivity index (χ2n) is 8.34. The third-order valence-corrected chi connectivity index (χ3v) is 7.60. The molecule has 0 aliphatic carbocycles. The Balaban J connectivity index is 1.60. The van der Waals surface area contributed by atoms with Crippen molar-refractivity contribution in [2.75, 3.05) is 6.61 Å². The van der Waals surface area contributed by atoms with Crippen LogP contribution in [0.5, 0.6) is 0 Å². The molecule has 0 radical (unpaired) electrons. The van der Waals surface area contributed by atoms with E-state index in [0.717, 1.165) is 5.56 Å². The maximum Gasteiger partial charge on any atom is 0.338 e. The number of allylic oxidation sites excluding steroid dienone is 1. The normalized spacial score (nSPS) is 15.2. The fraction of sp³-hybridized carbons (Fsp3) is 0.148. The first-order valence-electron chi connectivity index (χ1n) is 11.6. The van der Waals surface area contributed by atoms with Gasteiger partial charge in [-0.2, -0.15) is 0 Å². The number of carbonyl (C=O) groups excluding carboxylic acids is 1. The van der Waals surface area contributed by atoms with Crippen LogP contribution in [-0.2, 0) is 9.53 Å². The van der Waals surface area contributed by atoms with Gasteiger partial charge in [-0.05, 0) is 53.5 Å². The van der Waals surface area contributed by atoms with Gasteiger partial charge in [0.05, 0.1) is 33.4 Å². The van der Waals surface area contributed by atoms with Gasteiger partial charge in [-0.25, -0.2) is 9.79 Å². The van der Waals surface area contributed by atoms with Crippen LogP contribution in [0.3, 0.4) is 0 Å². The number of nitro benzene ring substituents is 1. The number of nitrogens with zero attached hydrogens (tertiary/aromatic N) is 3. The van der Waals surface area contributed by atoms with Crippen LogP contribution in [-0.4, -0.2) is 22.1 Å². The zero-order chi connectivity index (χ0) is 27.0. The number of benzene rings is 2. The standard InChI is InChI=1S/C27H20BrN3O6S/c1-3-36-26(33)23-15(2)29-27-30(24(23)16-7-5-4-6-8-16)25(32)22(38-27)14-18-10-12-21(37-18)19-11-9-17(31(34)35)13-20(19)28/h4-14,24H,3H2,1-2H3/b22-14-. The first-order chi connectivity index (χ1) is 18.3. The van der Waals surface area contributed by atoms with Crippen LogP contribution < -0.4 is 14.9 Å². The van der Waals surface area contributed by atoms with Gasteiger partial charge in [0, 0.05) is 28.2 Å². The number of non-ortho nitro benzene ring substituents is 1. The highest BCUT2D eigenvalue weighted by atomic mass is 79.9. The number of fused-ring (bicyclic) bond motifs is 1. The molecule has 0 amide bonds. The molecule has 1 atom stereocenters. The number of furan rings is 1. The van der Waals surface area contributed by atoms with E-state index in [1.54, 1.807) is 38.1 Å². The van der Waals surface area contributed by atoms with Crippen molar-refractivity contribution in [3.05, 3.63) is 118 Å². The number of thiazole rings is 1. The number of nitro groups is 1. The first-order valence-corrected chi connectivity index (χ1v) is 13.2. The van der Waals surface area contributed by atoms with E-state index >= 15 is 0 Å². The van der Waals surface area contributed by atoms with Crippen LogP contribution in [0.25, 0.3) is 17.4 Å². The maximum absolute atomic E-state index is 13.7. The van der Waals surface area contributed by atoms with E-state index in [9.17, 15) is 19.7 Å². The molecule has 1 aliphatic rings. The first kappa shape index (κ1) is 25.6. The summed E-state index contributed by atoms with van der Waals surface area (Å²) < 4.78 is 13.7. The van der Waals surface area contributed by atoms with Gasteiger partial charge in [0.1, 0.15) is 11.5 Å². The van der Waals surface area contributed by atoms with Crippen LogP contribution in [0.2, 0.25) is 0 Å². The minimum Gasteiger partial charge on any atom is -0.463 e. The highest BCUT2D eigenvalue weighted by molar-refractivity contribution is 9.10. The average molecular weight is 594 g/mol. The smallest absolute Gasteiger partial charge is 0.338 e. The molecule has 2 aromatic heterocycles. The van der Waals surface area contributed by atoms with Gasteiger partial charge < -0.3 is 9.15 Å². The van der Waals surface area contributed by atoms with Crippen LogP contribution >= 0.6 is 27.3 Å². The van der Waals surface area contributed by atoms with Crippen molar-refractivity contribution in [3.63, 3.8) is 0 Å². The van der Waals surface area contributed by atoms with Crippen molar-refractivity contribution < 1.29 is 18.9 Å². The molecule has 9 nitrogen and oxygen atoms in total. The number of hydrogen-bond acceptors (Lipinski definition) is 8. The van der Waals surface area contributed by atoms with Crippen molar-refractivity contribution in [1.29, 1.82) is 0 Å². The summed E-state index contributed by atoms with van der Waals surface area (Å²) in [6.07, 6.45) is 1.62. The van der Waals surface area contributed by atoms with Gasteiger partial charge in [-0.3, -0.25) is 19.5 Å². The Morgan fingerprint density at radius 1 is 1.24 bits per heavy atom. The van der Waals surface area contributed by atoms with Gasteiger partial charge in [0.15, 0.2) is 4.80 Å². The van der Waals surface area contributed by atoms with Crippen molar-refractivity contribution >= 4 is 45.0 Å². The minimum atomic E-state index is -0.683. The molecule has 0 bridgehead atoms. The molecule has 0 N–H and O–H groups in total. The fourth-order valence-electron chi connectivity index (χ4n) is 4.26. The average Bonchev–Trinajstić information content (AvgIpc) is 3.48. The second-order valence-corrected chi connectivity index (χ2v) is 10.2. The predicted molar refractivity (Wildman–Crippen MR) is 145 cm³/mol. The van der Waals surface area contributed by atoms with Crippen molar-refractivity contribution in [1.82, 2.24) is 4.57 Å². The highest BCUT2D eigenvalue weighted by Crippen LogP contribution is 2.33. The summed E-state index contributed by atoms with van der Waals surface area (Å²) in [6.45, 7) is 3.67. The maximum atomic E-state index is 13.7. The van der Waals surface area contributed by atoms with E-state index in [1.165, 1.54) is 28.0 Å². The van der Waals surface area contributed by atoms with Gasteiger partial charge in [0.2, 0.25) is 0 Å². The quantitative estimate of drug-likeness (QED) is 0.181. The summed E-state index contributed by atoms with van der Waals surface area (Å²) in [5, 5.41) is 11.0. The summed E-state index contributed by atoms with van der Waals surface area (Å²) in [6, 6.07) is 16.4. The number of aromatic nitrogens is 1. The molecule has 11 heteroatoms. The van der Waals surface area contributed by atoms with Gasteiger partial charge >= 0.3 is 5.97 Å². The largest absolute Gasteiger partial charge is 0.463 e. The van der Waals surface area contributed by atoms with Crippen LogP contribution in [0.4, 0.5) is 5.69 Å². The van der Waals surface area contributed by atoms with Gasteiger partial charge in [0.25, 0.3) is 11.2 Å². The lowest BCUT2D eigenvalue weighted by Crippen LogP contribution is -2.39. The third kappa shape index (κ3) is 4.66. The number of ether oxygens (including phenoxy) is 1. The van der Waals surface area contributed by atoms with E-state index in [4.69, 9.17) is 9.15 Å². The Morgan fingerprint density at radius 2 is 2.00 bits per heavy atom. The van der Waals surface area contributed by atoms with E-state index in [2.05, 4.69) is 20.9 Å². The molecule has 0 saturated heterocycles. The van der Waals surface area contributed by atoms with E-state index < -0.39 is 16.9 Å².